The quantitative estimate of drug-likeness (QED) is 0.505. The Morgan fingerprint density at radius 2 is 2.10 bits per heavy atom. The molecule has 0 atom stereocenters. The van der Waals surface area contributed by atoms with Gasteiger partial charge in [0.05, 0.1) is 11.9 Å². The van der Waals surface area contributed by atoms with Crippen LogP contribution >= 0.6 is 11.3 Å². The highest BCUT2D eigenvalue weighted by atomic mass is 32.1. The summed E-state index contributed by atoms with van der Waals surface area (Å²) in [6, 6.07) is 6.66. The maximum atomic E-state index is 14.2. The molecule has 3 aromatic rings. The number of hydrogen-bond donors (Lipinski definition) is 3. The summed E-state index contributed by atoms with van der Waals surface area (Å²) in [5, 5.41) is 15.0. The van der Waals surface area contributed by atoms with Gasteiger partial charge in [0.1, 0.15) is 27.2 Å². The van der Waals surface area contributed by atoms with Crippen molar-refractivity contribution in [2.45, 2.75) is 24.7 Å². The molecule has 0 bridgehead atoms. The van der Waals surface area contributed by atoms with E-state index in [0.717, 1.165) is 19.3 Å². The van der Waals surface area contributed by atoms with Crippen LogP contribution in [0.15, 0.2) is 36.7 Å². The number of hydrogen-bond acceptors (Lipinski definition) is 8. The normalized spacial score (nSPS) is 14.7. The molecule has 10 heteroatoms. The minimum Gasteiger partial charge on any atom is -0.368 e. The molecule has 3 aromatic heterocycles. The van der Waals surface area contributed by atoms with Crippen LogP contribution in [0.2, 0.25) is 0 Å². The molecule has 8 nitrogen and oxygen atoms in total. The van der Waals surface area contributed by atoms with Gasteiger partial charge in [-0.25, -0.2) is 9.37 Å². The molecule has 156 valence electrons. The van der Waals surface area contributed by atoms with Crippen LogP contribution < -0.4 is 16.4 Å². The highest BCUT2D eigenvalue weighted by molar-refractivity contribution is 7.16. The minimum absolute atomic E-state index is 0.206. The SMILES string of the molecule is NCCNC(=O)c1cnc(-c2ccc(NCC3(c4ncccc4F)CCC3)nn2)s1. The Labute approximate surface area is 177 Å². The van der Waals surface area contributed by atoms with Gasteiger partial charge >= 0.3 is 0 Å². The Bertz CT molecular complexity index is 1020. The number of carbonyl (C=O) groups is 1. The Hall–Kier alpha value is -2.98. The molecule has 0 spiro atoms. The second-order valence-corrected chi connectivity index (χ2v) is 8.23. The van der Waals surface area contributed by atoms with E-state index in [0.29, 0.717) is 46.7 Å². The zero-order valence-corrected chi connectivity index (χ0v) is 17.1. The maximum absolute atomic E-state index is 14.2. The van der Waals surface area contributed by atoms with Crippen LogP contribution in [0.1, 0.15) is 34.6 Å². The van der Waals surface area contributed by atoms with Crippen LogP contribution in [-0.2, 0) is 5.41 Å². The number of nitrogens with one attached hydrogen (secondary N) is 2. The van der Waals surface area contributed by atoms with Gasteiger partial charge in [0, 0.05) is 31.2 Å². The molecular formula is C20H22FN7OS. The summed E-state index contributed by atoms with van der Waals surface area (Å²) in [7, 11) is 0. The summed E-state index contributed by atoms with van der Waals surface area (Å²) in [6.07, 6.45) is 5.96. The lowest BCUT2D eigenvalue weighted by Crippen LogP contribution is -2.42. The van der Waals surface area contributed by atoms with Gasteiger partial charge in [-0.05, 0) is 37.1 Å². The molecule has 1 saturated carbocycles. The standard InChI is InChI=1S/C20H22FN7OS/c21-13-3-1-9-23-17(13)20(6-2-7-20)12-26-16-5-4-14(27-28-16)19-25-11-15(30-19)18(29)24-10-8-22/h1,3-5,9,11H,2,6-8,10,12,22H2,(H,24,29)(H,26,28). The van der Waals surface area contributed by atoms with Crippen molar-refractivity contribution in [3.05, 3.63) is 53.0 Å². The number of carbonyl (C=O) groups excluding carboxylic acids is 1. The molecule has 1 fully saturated rings. The number of amides is 1. The molecule has 30 heavy (non-hydrogen) atoms. The first kappa shape index (κ1) is 20.3. The van der Waals surface area contributed by atoms with E-state index in [2.05, 4.69) is 30.8 Å². The topological polar surface area (TPSA) is 119 Å². The number of aromatic nitrogens is 4. The van der Waals surface area contributed by atoms with Crippen LogP contribution in [0.4, 0.5) is 10.2 Å². The zero-order chi connectivity index (χ0) is 21.0. The molecule has 0 saturated heterocycles. The monoisotopic (exact) mass is 427 g/mol. The van der Waals surface area contributed by atoms with E-state index in [1.54, 1.807) is 24.4 Å². The van der Waals surface area contributed by atoms with Crippen LogP contribution in [0.3, 0.4) is 0 Å². The molecule has 0 radical (unpaired) electrons. The van der Waals surface area contributed by atoms with Crippen LogP contribution in [-0.4, -0.2) is 45.7 Å². The van der Waals surface area contributed by atoms with E-state index in [4.69, 9.17) is 5.73 Å². The third kappa shape index (κ3) is 4.14. The molecule has 1 aliphatic rings. The smallest absolute Gasteiger partial charge is 0.263 e. The molecule has 1 aliphatic carbocycles. The first-order valence-corrected chi connectivity index (χ1v) is 10.6. The van der Waals surface area contributed by atoms with Crippen molar-refractivity contribution in [2.24, 2.45) is 5.73 Å². The second kappa shape index (κ2) is 8.80. The number of pyridine rings is 1. The Balaban J connectivity index is 1.41. The van der Waals surface area contributed by atoms with E-state index in [-0.39, 0.29) is 17.1 Å². The van der Waals surface area contributed by atoms with E-state index >= 15 is 0 Å². The maximum Gasteiger partial charge on any atom is 0.263 e. The van der Waals surface area contributed by atoms with Gasteiger partial charge in [-0.2, -0.15) is 0 Å². The Kier molecular flexibility index (Phi) is 5.96. The van der Waals surface area contributed by atoms with E-state index in [9.17, 15) is 9.18 Å². The molecule has 3 heterocycles. The van der Waals surface area contributed by atoms with Gasteiger partial charge in [0.2, 0.25) is 0 Å². The summed E-state index contributed by atoms with van der Waals surface area (Å²) >= 11 is 1.24. The average molecular weight is 428 g/mol. The third-order valence-corrected chi connectivity index (χ3v) is 6.24. The Morgan fingerprint density at radius 3 is 2.77 bits per heavy atom. The van der Waals surface area contributed by atoms with Gasteiger partial charge in [-0.3, -0.25) is 9.78 Å². The lowest BCUT2D eigenvalue weighted by atomic mass is 9.66. The summed E-state index contributed by atoms with van der Waals surface area (Å²) in [5.74, 6) is 0.123. The number of nitrogens with zero attached hydrogens (tertiary/aromatic N) is 4. The van der Waals surface area contributed by atoms with Gasteiger partial charge in [-0.15, -0.1) is 21.5 Å². The first-order chi connectivity index (χ1) is 14.6. The average Bonchev–Trinajstić information content (AvgIpc) is 3.23. The summed E-state index contributed by atoms with van der Waals surface area (Å²) in [5.41, 5.74) is 6.18. The third-order valence-electron chi connectivity index (χ3n) is 5.22. The van der Waals surface area contributed by atoms with Crippen LogP contribution in [0.5, 0.6) is 0 Å². The molecule has 4 rings (SSSR count). The minimum atomic E-state index is -0.313. The molecule has 4 N–H and O–H groups in total. The fourth-order valence-corrected chi connectivity index (χ4v) is 4.24. The van der Waals surface area contributed by atoms with Crippen molar-refractivity contribution < 1.29 is 9.18 Å². The van der Waals surface area contributed by atoms with Crippen molar-refractivity contribution in [2.75, 3.05) is 25.0 Å². The lowest BCUT2D eigenvalue weighted by molar-refractivity contribution is 0.0958. The van der Waals surface area contributed by atoms with Crippen molar-refractivity contribution in [1.82, 2.24) is 25.5 Å². The van der Waals surface area contributed by atoms with E-state index in [1.165, 1.54) is 23.6 Å². The number of thiazole rings is 1. The predicted molar refractivity (Wildman–Crippen MR) is 113 cm³/mol. The zero-order valence-electron chi connectivity index (χ0n) is 16.3. The summed E-state index contributed by atoms with van der Waals surface area (Å²) in [4.78, 5) is 21.0. The summed E-state index contributed by atoms with van der Waals surface area (Å²) in [6.45, 7) is 1.33. The van der Waals surface area contributed by atoms with Gasteiger partial charge in [-0.1, -0.05) is 6.42 Å². The van der Waals surface area contributed by atoms with E-state index in [1.807, 2.05) is 0 Å². The van der Waals surface area contributed by atoms with Crippen LogP contribution in [0.25, 0.3) is 10.7 Å². The van der Waals surface area contributed by atoms with Crippen molar-refractivity contribution >= 4 is 23.1 Å². The van der Waals surface area contributed by atoms with E-state index < -0.39 is 0 Å². The molecule has 0 aromatic carbocycles. The van der Waals surface area contributed by atoms with Gasteiger partial charge in [0.25, 0.3) is 5.91 Å². The Morgan fingerprint density at radius 1 is 1.23 bits per heavy atom. The fourth-order valence-electron chi connectivity index (χ4n) is 3.45. The fraction of sp³-hybridized carbons (Fsp3) is 0.350. The van der Waals surface area contributed by atoms with Gasteiger partial charge in [0.15, 0.2) is 0 Å². The molecular weight excluding hydrogens is 405 g/mol. The number of nitrogens with two attached hydrogens (primary N) is 1. The number of halogens is 1. The van der Waals surface area contributed by atoms with Gasteiger partial charge < -0.3 is 16.4 Å². The predicted octanol–water partition coefficient (Wildman–Crippen LogP) is 2.36. The highest BCUT2D eigenvalue weighted by Gasteiger charge is 2.41. The largest absolute Gasteiger partial charge is 0.368 e. The van der Waals surface area contributed by atoms with Crippen molar-refractivity contribution in [3.8, 4) is 10.7 Å². The molecule has 1 amide bonds. The van der Waals surface area contributed by atoms with Crippen molar-refractivity contribution in [1.29, 1.82) is 0 Å². The number of rotatable bonds is 8. The number of anilines is 1. The summed E-state index contributed by atoms with van der Waals surface area (Å²) < 4.78 is 14.2. The highest BCUT2D eigenvalue weighted by Crippen LogP contribution is 2.43. The van der Waals surface area contributed by atoms with Crippen LogP contribution in [0, 0.1) is 5.82 Å². The first-order valence-electron chi connectivity index (χ1n) is 9.74. The lowest BCUT2D eigenvalue weighted by Gasteiger charge is -2.41. The molecule has 0 aliphatic heterocycles. The molecule has 0 unspecified atom stereocenters. The second-order valence-electron chi connectivity index (χ2n) is 7.20. The van der Waals surface area contributed by atoms with Crippen molar-refractivity contribution in [3.63, 3.8) is 0 Å².